The number of alkyl halides is 3. The van der Waals surface area contributed by atoms with Crippen LogP contribution in [0.3, 0.4) is 0 Å². The Morgan fingerprint density at radius 1 is 1.55 bits per heavy atom. The molecule has 0 bridgehead atoms. The molecule has 5 nitrogen and oxygen atoms in total. The lowest BCUT2D eigenvalue weighted by Gasteiger charge is -2.10. The number of hydrogen-bond acceptors (Lipinski definition) is 3. The molecule has 0 fully saturated rings. The van der Waals surface area contributed by atoms with Crippen LogP contribution in [0.1, 0.15) is 24.4 Å². The van der Waals surface area contributed by atoms with Gasteiger partial charge in [-0.3, -0.25) is 9.89 Å². The molecule has 1 heterocycles. The number of H-pyrrole nitrogens is 1. The molecular weight excluding hydrogens is 273 g/mol. The predicted molar refractivity (Wildman–Crippen MR) is 67.8 cm³/mol. The van der Waals surface area contributed by atoms with Crippen LogP contribution in [0.15, 0.2) is 18.2 Å². The van der Waals surface area contributed by atoms with Crippen molar-refractivity contribution in [2.45, 2.75) is 19.1 Å². The number of carbonyl (C=O) groups excluding carboxylic acids is 1. The number of carbonyl (C=O) groups is 1. The maximum Gasteiger partial charge on any atom is 0.435 e. The number of hydrogen-bond donors (Lipinski definition) is 2. The predicted octanol–water partition coefficient (Wildman–Crippen LogP) is 1.72. The van der Waals surface area contributed by atoms with Crippen LogP contribution in [0, 0.1) is 0 Å². The summed E-state index contributed by atoms with van der Waals surface area (Å²) >= 11 is 0. The molecule has 0 aliphatic heterocycles. The highest BCUT2D eigenvalue weighted by Crippen LogP contribution is 2.28. The molecule has 1 rings (SSSR count). The van der Waals surface area contributed by atoms with Gasteiger partial charge >= 0.3 is 6.18 Å². The lowest BCUT2D eigenvalue weighted by Crippen LogP contribution is -2.25. The normalized spacial score (nSPS) is 13.9. The van der Waals surface area contributed by atoms with Crippen molar-refractivity contribution in [1.29, 1.82) is 0 Å². The van der Waals surface area contributed by atoms with Gasteiger partial charge in [-0.05, 0) is 27.1 Å². The van der Waals surface area contributed by atoms with E-state index in [2.05, 4.69) is 15.5 Å². The van der Waals surface area contributed by atoms with Gasteiger partial charge in [-0.1, -0.05) is 6.08 Å². The SMILES string of the molecule is CC(NC(=O)/C=C/CN(C)C)c1cc(C(F)(F)F)n[nH]1. The summed E-state index contributed by atoms with van der Waals surface area (Å²) in [4.78, 5) is 13.4. The van der Waals surface area contributed by atoms with E-state index in [0.717, 1.165) is 6.07 Å². The number of aromatic nitrogens is 2. The summed E-state index contributed by atoms with van der Waals surface area (Å²) in [6.45, 7) is 2.18. The van der Waals surface area contributed by atoms with Crippen molar-refractivity contribution in [2.24, 2.45) is 0 Å². The first kappa shape index (κ1) is 16.2. The van der Waals surface area contributed by atoms with E-state index in [4.69, 9.17) is 0 Å². The van der Waals surface area contributed by atoms with Gasteiger partial charge in [0.1, 0.15) is 0 Å². The summed E-state index contributed by atoms with van der Waals surface area (Å²) in [5.74, 6) is -0.373. The Balaban J connectivity index is 2.58. The molecule has 20 heavy (non-hydrogen) atoms. The minimum atomic E-state index is -4.50. The van der Waals surface area contributed by atoms with E-state index in [1.54, 1.807) is 13.0 Å². The second-order valence-corrected chi connectivity index (χ2v) is 4.60. The maximum absolute atomic E-state index is 12.4. The molecule has 0 aliphatic carbocycles. The average molecular weight is 290 g/mol. The Kier molecular flexibility index (Phi) is 5.32. The zero-order chi connectivity index (χ0) is 15.3. The summed E-state index contributed by atoms with van der Waals surface area (Å²) in [5.41, 5.74) is -0.802. The minimum Gasteiger partial charge on any atom is -0.344 e. The van der Waals surface area contributed by atoms with Gasteiger partial charge in [0.2, 0.25) is 5.91 Å². The summed E-state index contributed by atoms with van der Waals surface area (Å²) in [7, 11) is 3.71. The van der Waals surface area contributed by atoms with Gasteiger partial charge in [0.15, 0.2) is 5.69 Å². The smallest absolute Gasteiger partial charge is 0.344 e. The molecule has 1 amide bonds. The number of amides is 1. The Bertz CT molecular complexity index is 479. The van der Waals surface area contributed by atoms with E-state index in [1.807, 2.05) is 19.0 Å². The van der Waals surface area contributed by atoms with Crippen molar-refractivity contribution in [1.82, 2.24) is 20.4 Å². The topological polar surface area (TPSA) is 61.0 Å². The van der Waals surface area contributed by atoms with Gasteiger partial charge < -0.3 is 10.2 Å². The van der Waals surface area contributed by atoms with E-state index < -0.39 is 17.9 Å². The molecular formula is C12H17F3N4O. The standard InChI is InChI=1S/C12H17F3N4O/c1-8(16-11(20)5-4-6-19(2)3)9-7-10(18-17-9)12(13,14)15/h4-5,7-8H,6H2,1-3H3,(H,16,20)(H,17,18)/b5-4+. The van der Waals surface area contributed by atoms with Crippen LogP contribution < -0.4 is 5.32 Å². The highest BCUT2D eigenvalue weighted by Gasteiger charge is 2.34. The van der Waals surface area contributed by atoms with E-state index in [0.29, 0.717) is 6.54 Å². The van der Waals surface area contributed by atoms with E-state index >= 15 is 0 Å². The van der Waals surface area contributed by atoms with Gasteiger partial charge in [-0.2, -0.15) is 18.3 Å². The molecule has 1 aromatic heterocycles. The zero-order valence-corrected chi connectivity index (χ0v) is 11.5. The number of likely N-dealkylation sites (N-methyl/N-ethyl adjacent to an activating group) is 1. The first-order valence-corrected chi connectivity index (χ1v) is 5.94. The summed E-state index contributed by atoms with van der Waals surface area (Å²) in [6.07, 6.45) is -1.49. The van der Waals surface area contributed by atoms with Crippen LogP contribution in [0.4, 0.5) is 13.2 Å². The van der Waals surface area contributed by atoms with Gasteiger partial charge in [-0.15, -0.1) is 0 Å². The highest BCUT2D eigenvalue weighted by atomic mass is 19.4. The third kappa shape index (κ3) is 5.04. The fourth-order valence-electron chi connectivity index (χ4n) is 1.41. The lowest BCUT2D eigenvalue weighted by atomic mass is 10.2. The number of nitrogens with zero attached hydrogens (tertiary/aromatic N) is 2. The average Bonchev–Trinajstić information content (AvgIpc) is 2.76. The molecule has 0 saturated carbocycles. The number of rotatable bonds is 5. The molecule has 0 saturated heterocycles. The second kappa shape index (κ2) is 6.56. The van der Waals surface area contributed by atoms with Gasteiger partial charge in [0.25, 0.3) is 0 Å². The van der Waals surface area contributed by atoms with Gasteiger partial charge in [0.05, 0.1) is 11.7 Å². The van der Waals surface area contributed by atoms with Crippen molar-refractivity contribution < 1.29 is 18.0 Å². The number of halogens is 3. The molecule has 1 aromatic rings. The third-order valence-electron chi connectivity index (χ3n) is 2.45. The summed E-state index contributed by atoms with van der Waals surface area (Å²) in [5, 5.41) is 8.00. The molecule has 8 heteroatoms. The van der Waals surface area contributed by atoms with Crippen molar-refractivity contribution in [3.63, 3.8) is 0 Å². The Hall–Kier alpha value is -1.83. The van der Waals surface area contributed by atoms with Crippen LogP contribution in [-0.4, -0.2) is 41.6 Å². The maximum atomic E-state index is 12.4. The van der Waals surface area contributed by atoms with Crippen molar-refractivity contribution in [2.75, 3.05) is 20.6 Å². The van der Waals surface area contributed by atoms with Crippen LogP contribution in [-0.2, 0) is 11.0 Å². The van der Waals surface area contributed by atoms with Crippen molar-refractivity contribution in [3.05, 3.63) is 29.6 Å². The fourth-order valence-corrected chi connectivity index (χ4v) is 1.41. The van der Waals surface area contributed by atoms with Crippen molar-refractivity contribution >= 4 is 5.91 Å². The van der Waals surface area contributed by atoms with Crippen molar-refractivity contribution in [3.8, 4) is 0 Å². The monoisotopic (exact) mass is 290 g/mol. The van der Waals surface area contributed by atoms with Crippen LogP contribution >= 0.6 is 0 Å². The van der Waals surface area contributed by atoms with E-state index in [9.17, 15) is 18.0 Å². The first-order valence-electron chi connectivity index (χ1n) is 5.94. The van der Waals surface area contributed by atoms with Crippen LogP contribution in [0.5, 0.6) is 0 Å². The van der Waals surface area contributed by atoms with Gasteiger partial charge in [0, 0.05) is 12.6 Å². The molecule has 0 spiro atoms. The second-order valence-electron chi connectivity index (χ2n) is 4.60. The number of nitrogens with one attached hydrogen (secondary N) is 2. The van der Waals surface area contributed by atoms with E-state index in [-0.39, 0.29) is 11.6 Å². The molecule has 112 valence electrons. The third-order valence-corrected chi connectivity index (χ3v) is 2.45. The minimum absolute atomic E-state index is 0.201. The van der Waals surface area contributed by atoms with E-state index in [1.165, 1.54) is 6.08 Å². The molecule has 0 aliphatic rings. The Morgan fingerprint density at radius 2 is 2.20 bits per heavy atom. The first-order chi connectivity index (χ1) is 9.20. The summed E-state index contributed by atoms with van der Waals surface area (Å²) in [6, 6.07) is 0.296. The molecule has 2 N–H and O–H groups in total. The lowest BCUT2D eigenvalue weighted by molar-refractivity contribution is -0.141. The molecule has 0 radical (unpaired) electrons. The molecule has 1 unspecified atom stereocenters. The molecule has 1 atom stereocenters. The Labute approximate surface area is 114 Å². The summed E-state index contributed by atoms with van der Waals surface area (Å²) < 4.78 is 37.2. The fraction of sp³-hybridized carbons (Fsp3) is 0.500. The van der Waals surface area contributed by atoms with Crippen LogP contribution in [0.2, 0.25) is 0 Å². The largest absolute Gasteiger partial charge is 0.435 e. The van der Waals surface area contributed by atoms with Gasteiger partial charge in [-0.25, -0.2) is 0 Å². The molecule has 0 aromatic carbocycles. The Morgan fingerprint density at radius 3 is 2.70 bits per heavy atom. The quantitative estimate of drug-likeness (QED) is 0.812. The number of aromatic amines is 1. The zero-order valence-electron chi connectivity index (χ0n) is 11.5. The van der Waals surface area contributed by atoms with Crippen LogP contribution in [0.25, 0.3) is 0 Å². The highest BCUT2D eigenvalue weighted by molar-refractivity contribution is 5.87.